The maximum atomic E-state index is 13.7. The Bertz CT molecular complexity index is 644. The molecule has 1 heterocycles. The van der Waals surface area contributed by atoms with Crippen LogP contribution in [0.4, 0.5) is 21.6 Å². The van der Waals surface area contributed by atoms with Gasteiger partial charge < -0.3 is 15.8 Å². The van der Waals surface area contributed by atoms with Crippen LogP contribution in [-0.2, 0) is 4.74 Å². The van der Waals surface area contributed by atoms with Gasteiger partial charge in [0.15, 0.2) is 5.82 Å². The first-order valence-corrected chi connectivity index (χ1v) is 6.37. The molecule has 2 aromatic rings. The molecule has 0 fully saturated rings. The molecule has 1 aromatic carbocycles. The third-order valence-electron chi connectivity index (χ3n) is 2.60. The van der Waals surface area contributed by atoms with E-state index < -0.39 is 11.8 Å². The quantitative estimate of drug-likeness (QED) is 0.840. The van der Waals surface area contributed by atoms with Crippen molar-refractivity contribution in [2.75, 3.05) is 18.2 Å². The average molecular weight is 340 g/mol. The molecule has 0 aliphatic heterocycles. The van der Waals surface area contributed by atoms with E-state index in [0.29, 0.717) is 4.47 Å². The Labute approximate surface area is 123 Å². The van der Waals surface area contributed by atoms with Crippen LogP contribution in [0, 0.1) is 5.82 Å². The number of rotatable bonds is 3. The number of anilines is 3. The number of nitrogen functional groups attached to an aromatic ring is 1. The molecule has 2 rings (SSSR count). The normalized spacial score (nSPS) is 10.2. The van der Waals surface area contributed by atoms with Gasteiger partial charge in [-0.1, -0.05) is 6.07 Å². The van der Waals surface area contributed by atoms with Crippen LogP contribution in [0.2, 0.25) is 0 Å². The number of esters is 1. The molecule has 0 aliphatic rings. The van der Waals surface area contributed by atoms with Gasteiger partial charge in [-0.3, -0.25) is 0 Å². The highest BCUT2D eigenvalue weighted by Crippen LogP contribution is 2.30. The Balaban J connectivity index is 2.42. The minimum absolute atomic E-state index is 0.0921. The van der Waals surface area contributed by atoms with Gasteiger partial charge in [-0.15, -0.1) is 0 Å². The smallest absolute Gasteiger partial charge is 0.340 e. The van der Waals surface area contributed by atoms with Crippen molar-refractivity contribution in [3.05, 3.63) is 46.3 Å². The zero-order valence-corrected chi connectivity index (χ0v) is 12.1. The van der Waals surface area contributed by atoms with Crippen molar-refractivity contribution in [1.82, 2.24) is 4.98 Å². The molecule has 0 unspecified atom stereocenters. The highest BCUT2D eigenvalue weighted by atomic mass is 79.9. The highest BCUT2D eigenvalue weighted by Gasteiger charge is 2.15. The number of methoxy groups -OCH3 is 1. The third-order valence-corrected chi connectivity index (χ3v) is 3.26. The predicted molar refractivity (Wildman–Crippen MR) is 77.4 cm³/mol. The van der Waals surface area contributed by atoms with E-state index >= 15 is 0 Å². The van der Waals surface area contributed by atoms with Crippen LogP contribution in [-0.4, -0.2) is 18.1 Å². The van der Waals surface area contributed by atoms with E-state index in [-0.39, 0.29) is 22.8 Å². The molecule has 7 heteroatoms. The van der Waals surface area contributed by atoms with Crippen molar-refractivity contribution in [1.29, 1.82) is 0 Å². The molecule has 0 radical (unpaired) electrons. The number of carbonyl (C=O) groups is 1. The first-order valence-electron chi connectivity index (χ1n) is 5.58. The zero-order chi connectivity index (χ0) is 14.7. The summed E-state index contributed by atoms with van der Waals surface area (Å²) in [5.41, 5.74) is 6.29. The summed E-state index contributed by atoms with van der Waals surface area (Å²) < 4.78 is 18.9. The van der Waals surface area contributed by atoms with Crippen LogP contribution >= 0.6 is 15.9 Å². The minimum Gasteiger partial charge on any atom is -0.465 e. The summed E-state index contributed by atoms with van der Waals surface area (Å²) in [5, 5.41) is 2.76. The second-order valence-corrected chi connectivity index (χ2v) is 4.69. The van der Waals surface area contributed by atoms with Crippen molar-refractivity contribution in [2.24, 2.45) is 0 Å². The van der Waals surface area contributed by atoms with E-state index in [0.717, 1.165) is 0 Å². The van der Waals surface area contributed by atoms with Gasteiger partial charge in [0.05, 0.1) is 24.0 Å². The fourth-order valence-electron chi connectivity index (χ4n) is 1.60. The molecule has 5 nitrogen and oxygen atoms in total. The maximum Gasteiger partial charge on any atom is 0.340 e. The summed E-state index contributed by atoms with van der Waals surface area (Å²) in [6, 6.07) is 5.97. The zero-order valence-electron chi connectivity index (χ0n) is 10.5. The Kier molecular flexibility index (Phi) is 4.19. The molecule has 0 atom stereocenters. The number of nitrogens with zero attached hydrogens (tertiary/aromatic N) is 1. The van der Waals surface area contributed by atoms with Crippen molar-refractivity contribution in [3.63, 3.8) is 0 Å². The number of aromatic nitrogens is 1. The number of para-hydroxylation sites is 1. The van der Waals surface area contributed by atoms with Crippen molar-refractivity contribution < 1.29 is 13.9 Å². The summed E-state index contributed by atoms with van der Waals surface area (Å²) in [4.78, 5) is 15.5. The summed E-state index contributed by atoms with van der Waals surface area (Å²) in [7, 11) is 1.25. The molecule has 0 aliphatic carbocycles. The molecule has 0 spiro atoms. The second kappa shape index (κ2) is 5.87. The number of nitrogens with two attached hydrogens (primary N) is 1. The number of halogens is 2. The lowest BCUT2D eigenvalue weighted by molar-refractivity contribution is 0.0602. The number of nitrogens with one attached hydrogen (secondary N) is 1. The summed E-state index contributed by atoms with van der Waals surface area (Å²) in [6.07, 6.45) is 1.39. The van der Waals surface area contributed by atoms with E-state index in [1.54, 1.807) is 12.1 Å². The van der Waals surface area contributed by atoms with Gasteiger partial charge in [0.25, 0.3) is 0 Å². The molecule has 1 aromatic heterocycles. The topological polar surface area (TPSA) is 77.2 Å². The van der Waals surface area contributed by atoms with Gasteiger partial charge in [0, 0.05) is 10.7 Å². The predicted octanol–water partition coefficient (Wildman–Crippen LogP) is 3.10. The van der Waals surface area contributed by atoms with Crippen LogP contribution in [0.1, 0.15) is 10.4 Å². The van der Waals surface area contributed by atoms with Gasteiger partial charge in [-0.2, -0.15) is 0 Å². The number of carbonyl (C=O) groups excluding carboxylic acids is 1. The first kappa shape index (κ1) is 14.3. The SMILES string of the molecule is COC(=O)c1ccnc(Nc2c(F)cccc2Br)c1N. The fourth-order valence-corrected chi connectivity index (χ4v) is 2.04. The van der Waals surface area contributed by atoms with E-state index in [9.17, 15) is 9.18 Å². The van der Waals surface area contributed by atoms with Crippen LogP contribution in [0.3, 0.4) is 0 Å². The van der Waals surface area contributed by atoms with Crippen LogP contribution in [0.5, 0.6) is 0 Å². The van der Waals surface area contributed by atoms with Gasteiger partial charge in [-0.05, 0) is 34.1 Å². The lowest BCUT2D eigenvalue weighted by Crippen LogP contribution is -2.09. The molecule has 0 bridgehead atoms. The summed E-state index contributed by atoms with van der Waals surface area (Å²) >= 11 is 3.23. The average Bonchev–Trinajstić information content (AvgIpc) is 2.44. The Morgan fingerprint density at radius 2 is 2.20 bits per heavy atom. The third kappa shape index (κ3) is 2.72. The molecule has 3 N–H and O–H groups in total. The van der Waals surface area contributed by atoms with Crippen molar-refractivity contribution >= 4 is 39.1 Å². The van der Waals surface area contributed by atoms with E-state index in [1.807, 2.05) is 0 Å². The number of hydrogen-bond donors (Lipinski definition) is 2. The Morgan fingerprint density at radius 3 is 2.85 bits per heavy atom. The monoisotopic (exact) mass is 339 g/mol. The van der Waals surface area contributed by atoms with Crippen LogP contribution < -0.4 is 11.1 Å². The van der Waals surface area contributed by atoms with Gasteiger partial charge >= 0.3 is 5.97 Å². The van der Waals surface area contributed by atoms with Crippen LogP contribution in [0.15, 0.2) is 34.9 Å². The number of hydrogen-bond acceptors (Lipinski definition) is 5. The van der Waals surface area contributed by atoms with E-state index in [4.69, 9.17) is 5.73 Å². The van der Waals surface area contributed by atoms with Crippen molar-refractivity contribution in [2.45, 2.75) is 0 Å². The second-order valence-electron chi connectivity index (χ2n) is 3.83. The molecule has 104 valence electrons. The van der Waals surface area contributed by atoms with Crippen LogP contribution in [0.25, 0.3) is 0 Å². The summed E-state index contributed by atoms with van der Waals surface area (Å²) in [6.45, 7) is 0. The summed E-state index contributed by atoms with van der Waals surface area (Å²) in [5.74, 6) is -0.872. The largest absolute Gasteiger partial charge is 0.465 e. The number of benzene rings is 1. The molecule has 0 saturated heterocycles. The first-order chi connectivity index (χ1) is 9.54. The van der Waals surface area contributed by atoms with Gasteiger partial charge in [-0.25, -0.2) is 14.2 Å². The number of pyridine rings is 1. The molecule has 20 heavy (non-hydrogen) atoms. The molecular weight excluding hydrogens is 329 g/mol. The Hall–Kier alpha value is -2.15. The lowest BCUT2D eigenvalue weighted by Gasteiger charge is -2.12. The lowest BCUT2D eigenvalue weighted by atomic mass is 10.2. The van der Waals surface area contributed by atoms with E-state index in [2.05, 4.69) is 31.0 Å². The van der Waals surface area contributed by atoms with Gasteiger partial charge in [0.2, 0.25) is 0 Å². The molecular formula is C13H11BrFN3O2. The number of ether oxygens (including phenoxy) is 1. The molecule has 0 saturated carbocycles. The minimum atomic E-state index is -0.583. The Morgan fingerprint density at radius 1 is 1.45 bits per heavy atom. The van der Waals surface area contributed by atoms with Gasteiger partial charge in [0.1, 0.15) is 5.82 Å². The maximum absolute atomic E-state index is 13.7. The molecule has 0 amide bonds. The van der Waals surface area contributed by atoms with E-state index in [1.165, 1.54) is 25.4 Å². The fraction of sp³-hybridized carbons (Fsp3) is 0.0769. The highest BCUT2D eigenvalue weighted by molar-refractivity contribution is 9.10. The van der Waals surface area contributed by atoms with Crippen molar-refractivity contribution in [3.8, 4) is 0 Å². The standard InChI is InChI=1S/C13H11BrFN3O2/c1-20-13(19)7-5-6-17-12(10(7)16)18-11-8(14)3-2-4-9(11)15/h2-6H,16H2,1H3,(H,17,18).